The van der Waals surface area contributed by atoms with Crippen molar-refractivity contribution in [2.75, 3.05) is 13.2 Å². The van der Waals surface area contributed by atoms with Crippen molar-refractivity contribution < 1.29 is 4.74 Å². The van der Waals surface area contributed by atoms with E-state index in [-0.39, 0.29) is 0 Å². The molecule has 0 aromatic rings. The molecular formula is C13H22N2O. The first-order chi connectivity index (χ1) is 7.93. The molecule has 3 aliphatic rings. The van der Waals surface area contributed by atoms with Crippen molar-refractivity contribution in [3.63, 3.8) is 0 Å². The van der Waals surface area contributed by atoms with Crippen LogP contribution in [0.3, 0.4) is 0 Å². The number of hydrogen-bond acceptors (Lipinski definition) is 3. The average Bonchev–Trinajstić information content (AvgIpc) is 3.01. The number of rotatable bonds is 2. The smallest absolute Gasteiger partial charge is 0.201 e. The van der Waals surface area contributed by atoms with E-state index in [2.05, 4.69) is 5.32 Å². The summed E-state index contributed by atoms with van der Waals surface area (Å²) in [4.78, 5) is 4.83. The lowest BCUT2D eigenvalue weighted by Crippen LogP contribution is -2.40. The summed E-state index contributed by atoms with van der Waals surface area (Å²) in [7, 11) is 0. The van der Waals surface area contributed by atoms with E-state index in [0.717, 1.165) is 25.0 Å². The summed E-state index contributed by atoms with van der Waals surface area (Å²) in [5.74, 6) is 1.82. The summed E-state index contributed by atoms with van der Waals surface area (Å²) in [6, 6.07) is 0.890. The Kier molecular flexibility index (Phi) is 3.13. The number of nitrogens with zero attached hydrogens (tertiary/aromatic N) is 1. The molecule has 2 aliphatic heterocycles. The van der Waals surface area contributed by atoms with Gasteiger partial charge in [-0.1, -0.05) is 19.3 Å². The van der Waals surface area contributed by atoms with E-state index in [9.17, 15) is 0 Å². The second-order valence-electron chi connectivity index (χ2n) is 5.39. The predicted molar refractivity (Wildman–Crippen MR) is 64.8 cm³/mol. The van der Waals surface area contributed by atoms with Gasteiger partial charge in [0, 0.05) is 0 Å². The first-order valence-corrected chi connectivity index (χ1v) is 6.87. The Morgan fingerprint density at radius 2 is 1.88 bits per heavy atom. The van der Waals surface area contributed by atoms with Crippen LogP contribution in [0.4, 0.5) is 0 Å². The third kappa shape index (κ3) is 2.10. The minimum atomic E-state index is 0.417. The maximum absolute atomic E-state index is 5.80. The second kappa shape index (κ2) is 4.74. The molecule has 3 rings (SSSR count). The van der Waals surface area contributed by atoms with Crippen molar-refractivity contribution in [1.82, 2.24) is 5.32 Å². The highest BCUT2D eigenvalue weighted by Crippen LogP contribution is 2.31. The summed E-state index contributed by atoms with van der Waals surface area (Å²) >= 11 is 0. The molecule has 1 saturated heterocycles. The molecule has 1 N–H and O–H groups in total. The van der Waals surface area contributed by atoms with Gasteiger partial charge in [-0.3, -0.25) is 0 Å². The van der Waals surface area contributed by atoms with Crippen LogP contribution in [0.2, 0.25) is 0 Å². The number of piperidine rings is 1. The fourth-order valence-electron chi connectivity index (χ4n) is 3.25. The summed E-state index contributed by atoms with van der Waals surface area (Å²) in [6.45, 7) is 1.97. The quantitative estimate of drug-likeness (QED) is 0.776. The van der Waals surface area contributed by atoms with Gasteiger partial charge in [0.05, 0.1) is 12.1 Å². The topological polar surface area (TPSA) is 33.6 Å². The molecule has 2 fully saturated rings. The molecule has 2 unspecified atom stereocenters. The van der Waals surface area contributed by atoms with Crippen LogP contribution in [-0.4, -0.2) is 31.1 Å². The Morgan fingerprint density at radius 3 is 2.62 bits per heavy atom. The third-order valence-corrected chi connectivity index (χ3v) is 4.25. The molecule has 0 aromatic heterocycles. The van der Waals surface area contributed by atoms with Crippen molar-refractivity contribution in [3.05, 3.63) is 0 Å². The van der Waals surface area contributed by atoms with Crippen LogP contribution < -0.4 is 5.32 Å². The minimum absolute atomic E-state index is 0.417. The van der Waals surface area contributed by atoms with Gasteiger partial charge in [0.15, 0.2) is 0 Å². The lowest BCUT2D eigenvalue weighted by atomic mass is 10.00. The first-order valence-electron chi connectivity index (χ1n) is 6.87. The average molecular weight is 222 g/mol. The molecule has 0 radical (unpaired) electrons. The Labute approximate surface area is 97.7 Å². The van der Waals surface area contributed by atoms with Crippen LogP contribution in [0.5, 0.6) is 0 Å². The number of nitrogens with one attached hydrogen (secondary N) is 1. The first kappa shape index (κ1) is 10.6. The molecule has 0 bridgehead atoms. The van der Waals surface area contributed by atoms with E-state index in [1.807, 2.05) is 0 Å². The van der Waals surface area contributed by atoms with Gasteiger partial charge in [0.1, 0.15) is 6.61 Å². The Hall–Kier alpha value is -0.570. The Bertz CT molecular complexity index is 265. The maximum Gasteiger partial charge on any atom is 0.201 e. The monoisotopic (exact) mass is 222 g/mol. The van der Waals surface area contributed by atoms with Gasteiger partial charge in [0.2, 0.25) is 5.90 Å². The molecule has 90 valence electrons. The predicted octanol–water partition coefficient (Wildman–Crippen LogP) is 2.12. The molecule has 0 amide bonds. The lowest BCUT2D eigenvalue weighted by molar-refractivity contribution is 0.263. The Balaban J connectivity index is 1.61. The number of ether oxygens (including phenoxy) is 1. The number of hydrogen-bond donors (Lipinski definition) is 1. The molecule has 16 heavy (non-hydrogen) atoms. The molecule has 2 heterocycles. The van der Waals surface area contributed by atoms with Crippen LogP contribution in [0, 0.1) is 5.92 Å². The van der Waals surface area contributed by atoms with Crippen molar-refractivity contribution in [2.24, 2.45) is 10.9 Å². The second-order valence-corrected chi connectivity index (χ2v) is 5.39. The molecule has 0 aromatic carbocycles. The van der Waals surface area contributed by atoms with Gasteiger partial charge in [-0.15, -0.1) is 0 Å². The Morgan fingerprint density at radius 1 is 1.06 bits per heavy atom. The van der Waals surface area contributed by atoms with E-state index in [4.69, 9.17) is 9.73 Å². The molecule has 3 heteroatoms. The molecule has 0 spiro atoms. The molecule has 1 saturated carbocycles. The molecule has 1 aliphatic carbocycles. The van der Waals surface area contributed by atoms with E-state index >= 15 is 0 Å². The zero-order valence-corrected chi connectivity index (χ0v) is 9.95. The van der Waals surface area contributed by atoms with E-state index in [1.165, 1.54) is 44.9 Å². The van der Waals surface area contributed by atoms with Crippen LogP contribution >= 0.6 is 0 Å². The van der Waals surface area contributed by atoms with Gasteiger partial charge in [-0.05, 0) is 38.1 Å². The van der Waals surface area contributed by atoms with Gasteiger partial charge >= 0.3 is 0 Å². The van der Waals surface area contributed by atoms with Crippen LogP contribution in [0.1, 0.15) is 44.9 Å². The van der Waals surface area contributed by atoms with E-state index in [1.54, 1.807) is 0 Å². The summed E-state index contributed by atoms with van der Waals surface area (Å²) < 4.78 is 5.80. The molecule has 2 atom stereocenters. The van der Waals surface area contributed by atoms with Gasteiger partial charge < -0.3 is 10.1 Å². The minimum Gasteiger partial charge on any atom is -0.478 e. The maximum atomic E-state index is 5.80. The van der Waals surface area contributed by atoms with E-state index in [0.29, 0.717) is 12.1 Å². The fraction of sp³-hybridized carbons (Fsp3) is 0.923. The highest BCUT2D eigenvalue weighted by Gasteiger charge is 2.32. The standard InChI is InChI=1S/C13H22N2O/c1-2-6-10(5-1)12-9-16-13(15-12)11-7-3-4-8-14-11/h10-12,14H,1-9H2. The zero-order valence-electron chi connectivity index (χ0n) is 9.95. The SMILES string of the molecule is C1CCC(C2=NC(C3CCCC3)CO2)NC1. The van der Waals surface area contributed by atoms with Crippen molar-refractivity contribution in [2.45, 2.75) is 57.0 Å². The molecule has 3 nitrogen and oxygen atoms in total. The number of aliphatic imine (C=N–C) groups is 1. The van der Waals surface area contributed by atoms with E-state index < -0.39 is 0 Å². The summed E-state index contributed by atoms with van der Waals surface area (Å²) in [5, 5.41) is 3.52. The largest absolute Gasteiger partial charge is 0.478 e. The lowest BCUT2D eigenvalue weighted by Gasteiger charge is -2.22. The van der Waals surface area contributed by atoms with Crippen molar-refractivity contribution in [1.29, 1.82) is 0 Å². The highest BCUT2D eigenvalue weighted by atomic mass is 16.5. The van der Waals surface area contributed by atoms with Crippen LogP contribution in [0.15, 0.2) is 4.99 Å². The van der Waals surface area contributed by atoms with Crippen molar-refractivity contribution in [3.8, 4) is 0 Å². The molecular weight excluding hydrogens is 200 g/mol. The normalized spacial score (nSPS) is 36.1. The fourth-order valence-corrected chi connectivity index (χ4v) is 3.25. The highest BCUT2D eigenvalue weighted by molar-refractivity contribution is 5.83. The summed E-state index contributed by atoms with van der Waals surface area (Å²) in [6.07, 6.45) is 9.34. The third-order valence-electron chi connectivity index (χ3n) is 4.25. The summed E-state index contributed by atoms with van der Waals surface area (Å²) in [5.41, 5.74) is 0. The van der Waals surface area contributed by atoms with Crippen molar-refractivity contribution >= 4 is 5.90 Å². The van der Waals surface area contributed by atoms with Gasteiger partial charge in [0.25, 0.3) is 0 Å². The van der Waals surface area contributed by atoms with Gasteiger partial charge in [-0.25, -0.2) is 4.99 Å². The van der Waals surface area contributed by atoms with Gasteiger partial charge in [-0.2, -0.15) is 0 Å². The van der Waals surface area contributed by atoms with Crippen LogP contribution in [0.25, 0.3) is 0 Å². The van der Waals surface area contributed by atoms with Crippen LogP contribution in [-0.2, 0) is 4.74 Å². The zero-order chi connectivity index (χ0) is 10.8.